The maximum atomic E-state index is 11.8. The average molecular weight is 557 g/mol. The number of hydrogen-bond donors (Lipinski definition) is 3. The Labute approximate surface area is 229 Å². The third-order valence-electron chi connectivity index (χ3n) is 7.30. The number of fused-ring (bicyclic) bond motifs is 1. The quantitative estimate of drug-likeness (QED) is 0.263. The molecule has 2 saturated heterocycles. The first-order chi connectivity index (χ1) is 18.8. The predicted octanol–water partition coefficient (Wildman–Crippen LogP) is 1.78. The predicted molar refractivity (Wildman–Crippen MR) is 139 cm³/mol. The molecule has 0 amide bonds. The topological polar surface area (TPSA) is 149 Å². The second-order valence-electron chi connectivity index (χ2n) is 9.80. The van der Waals surface area contributed by atoms with Gasteiger partial charge < -0.3 is 29.5 Å². The minimum Gasteiger partial charge on any atom is -0.479 e. The molecule has 5 rings (SSSR count). The summed E-state index contributed by atoms with van der Waals surface area (Å²) in [5.41, 5.74) is 0.0773. The van der Waals surface area contributed by atoms with Crippen LogP contribution in [0.15, 0.2) is 36.7 Å². The van der Waals surface area contributed by atoms with Crippen molar-refractivity contribution in [3.63, 3.8) is 0 Å². The highest BCUT2D eigenvalue weighted by molar-refractivity contribution is 6.28. The Balaban J connectivity index is 1.37. The second-order valence-corrected chi connectivity index (χ2v) is 10.1. The molecule has 4 heterocycles. The molecule has 39 heavy (non-hydrogen) atoms. The van der Waals surface area contributed by atoms with Crippen LogP contribution in [0, 0.1) is 18.3 Å². The molecule has 12 heteroatoms. The Kier molecular flexibility index (Phi) is 8.13. The van der Waals surface area contributed by atoms with Crippen LogP contribution in [0.2, 0.25) is 5.28 Å². The number of aliphatic carboxylic acids is 1. The zero-order valence-corrected chi connectivity index (χ0v) is 21.8. The van der Waals surface area contributed by atoms with E-state index < -0.39 is 36.1 Å². The smallest absolute Gasteiger partial charge is 0.333 e. The Hall–Kier alpha value is -3.11. The molecule has 1 aromatic carbocycles. The highest BCUT2D eigenvalue weighted by atomic mass is 35.5. The second kappa shape index (κ2) is 11.6. The minimum atomic E-state index is -2.17. The van der Waals surface area contributed by atoms with E-state index in [-0.39, 0.29) is 18.3 Å². The molecule has 3 aromatic rings. The summed E-state index contributed by atoms with van der Waals surface area (Å²) in [5, 5.41) is 32.0. The van der Waals surface area contributed by atoms with Gasteiger partial charge in [0.05, 0.1) is 18.6 Å². The van der Waals surface area contributed by atoms with Gasteiger partial charge in [-0.3, -0.25) is 4.57 Å². The lowest BCUT2D eigenvalue weighted by molar-refractivity contribution is -0.156. The van der Waals surface area contributed by atoms with E-state index >= 15 is 0 Å². The molecule has 2 aliphatic heterocycles. The third-order valence-corrected chi connectivity index (χ3v) is 7.47. The lowest BCUT2D eigenvalue weighted by Gasteiger charge is -2.26. The van der Waals surface area contributed by atoms with Crippen LogP contribution in [0.3, 0.4) is 0 Å². The SMILES string of the molecule is C#C[C@@]1(O)[C@@H](COC(Cc2ccccc2)C(=O)O)O[C@@H](n2cnc3c(CC4CCOCC4)nc(Cl)nc32)[C@@H]1O. The van der Waals surface area contributed by atoms with Gasteiger partial charge in [-0.1, -0.05) is 36.3 Å². The molecule has 0 bridgehead atoms. The molecule has 2 aliphatic rings. The highest BCUT2D eigenvalue weighted by Gasteiger charge is 2.56. The van der Waals surface area contributed by atoms with Crippen molar-refractivity contribution in [2.75, 3.05) is 19.8 Å². The van der Waals surface area contributed by atoms with E-state index in [9.17, 15) is 20.1 Å². The normalized spacial score (nSPS) is 26.5. The maximum Gasteiger partial charge on any atom is 0.333 e. The van der Waals surface area contributed by atoms with Crippen molar-refractivity contribution in [1.29, 1.82) is 0 Å². The first-order valence-corrected chi connectivity index (χ1v) is 13.1. The first-order valence-electron chi connectivity index (χ1n) is 12.7. The van der Waals surface area contributed by atoms with Crippen molar-refractivity contribution in [2.24, 2.45) is 5.92 Å². The van der Waals surface area contributed by atoms with Crippen molar-refractivity contribution in [1.82, 2.24) is 19.5 Å². The number of carboxylic acids is 1. The summed E-state index contributed by atoms with van der Waals surface area (Å²) in [6, 6.07) is 9.00. The van der Waals surface area contributed by atoms with Crippen LogP contribution >= 0.6 is 11.6 Å². The van der Waals surface area contributed by atoms with Crippen LogP contribution in [-0.4, -0.2) is 84.5 Å². The largest absolute Gasteiger partial charge is 0.479 e. The summed E-state index contributed by atoms with van der Waals surface area (Å²) < 4.78 is 18.5. The number of carbonyl (C=O) groups is 1. The number of aromatic nitrogens is 4. The molecule has 0 spiro atoms. The van der Waals surface area contributed by atoms with Gasteiger partial charge in [-0.15, -0.1) is 6.42 Å². The fourth-order valence-corrected chi connectivity index (χ4v) is 5.25. The number of terminal acetylenes is 1. The highest BCUT2D eigenvalue weighted by Crippen LogP contribution is 2.39. The standard InChI is InChI=1S/C27H29ClN4O7/c1-2-27(36)20(14-38-19(25(34)35)13-16-6-4-3-5-7-16)39-24(22(27)33)32-15-29-21-18(30-26(28)31-23(21)32)12-17-8-10-37-11-9-17/h1,3-7,15,17,19-20,22,24,33,36H,8-14H2,(H,34,35)/t19?,20-,22+,24-,27-/m1/s1. The van der Waals surface area contributed by atoms with Crippen LogP contribution in [0.25, 0.3) is 11.2 Å². The van der Waals surface area contributed by atoms with E-state index in [2.05, 4.69) is 20.9 Å². The summed E-state index contributed by atoms with van der Waals surface area (Å²) in [7, 11) is 0. The summed E-state index contributed by atoms with van der Waals surface area (Å²) in [6.07, 6.45) is 4.32. The number of nitrogens with zero attached hydrogens (tertiary/aromatic N) is 4. The van der Waals surface area contributed by atoms with Crippen molar-refractivity contribution < 1.29 is 34.3 Å². The molecule has 3 N–H and O–H groups in total. The van der Waals surface area contributed by atoms with E-state index in [0.717, 1.165) is 18.4 Å². The molecule has 0 aliphatic carbocycles. The van der Waals surface area contributed by atoms with Gasteiger partial charge in [0.1, 0.15) is 17.7 Å². The van der Waals surface area contributed by atoms with E-state index in [4.69, 9.17) is 32.2 Å². The van der Waals surface area contributed by atoms with Crippen LogP contribution in [0.5, 0.6) is 0 Å². The molecular formula is C27H29ClN4O7. The Morgan fingerprint density at radius 2 is 2.03 bits per heavy atom. The van der Waals surface area contributed by atoms with Gasteiger partial charge in [0, 0.05) is 19.6 Å². The van der Waals surface area contributed by atoms with Gasteiger partial charge in [0.25, 0.3) is 0 Å². The zero-order valence-electron chi connectivity index (χ0n) is 21.0. The molecule has 5 atom stereocenters. The van der Waals surface area contributed by atoms with E-state index in [1.54, 1.807) is 24.3 Å². The number of imidazole rings is 1. The number of benzene rings is 1. The molecule has 11 nitrogen and oxygen atoms in total. The van der Waals surface area contributed by atoms with Gasteiger partial charge in [-0.25, -0.2) is 14.8 Å². The number of carboxylic acid groups (broad SMARTS) is 1. The number of hydrogen-bond acceptors (Lipinski definition) is 9. The summed E-state index contributed by atoms with van der Waals surface area (Å²) in [5.74, 6) is 1.39. The van der Waals surface area contributed by atoms with Gasteiger partial charge >= 0.3 is 5.97 Å². The number of aliphatic hydroxyl groups excluding tert-OH is 1. The molecule has 0 saturated carbocycles. The van der Waals surface area contributed by atoms with E-state index in [0.29, 0.717) is 42.4 Å². The minimum absolute atomic E-state index is 0.0103. The van der Waals surface area contributed by atoms with Gasteiger partial charge in [-0.2, -0.15) is 4.98 Å². The Morgan fingerprint density at radius 1 is 1.28 bits per heavy atom. The van der Waals surface area contributed by atoms with E-state index in [1.807, 2.05) is 6.07 Å². The van der Waals surface area contributed by atoms with Crippen molar-refractivity contribution >= 4 is 28.7 Å². The van der Waals surface area contributed by atoms with Crippen LogP contribution < -0.4 is 0 Å². The van der Waals surface area contributed by atoms with Crippen molar-refractivity contribution in [3.05, 3.63) is 53.2 Å². The summed E-state index contributed by atoms with van der Waals surface area (Å²) in [6.45, 7) is 0.992. The lowest BCUT2D eigenvalue weighted by Crippen LogP contribution is -2.48. The summed E-state index contributed by atoms with van der Waals surface area (Å²) >= 11 is 6.26. The van der Waals surface area contributed by atoms with Crippen molar-refractivity contribution in [3.8, 4) is 12.3 Å². The fraction of sp³-hybridized carbons (Fsp3) is 0.481. The number of halogens is 1. The Morgan fingerprint density at radius 3 is 2.72 bits per heavy atom. The number of rotatable bonds is 9. The third kappa shape index (κ3) is 5.63. The van der Waals surface area contributed by atoms with E-state index in [1.165, 1.54) is 10.9 Å². The zero-order chi connectivity index (χ0) is 27.6. The molecule has 2 fully saturated rings. The van der Waals surface area contributed by atoms with Gasteiger partial charge in [0.15, 0.2) is 23.6 Å². The van der Waals surface area contributed by atoms with Crippen LogP contribution in [0.4, 0.5) is 0 Å². The molecular weight excluding hydrogens is 528 g/mol. The molecule has 1 unspecified atom stereocenters. The number of ether oxygens (including phenoxy) is 3. The van der Waals surface area contributed by atoms with Gasteiger partial charge in [0.2, 0.25) is 5.28 Å². The maximum absolute atomic E-state index is 11.8. The Bertz CT molecular complexity index is 1360. The monoisotopic (exact) mass is 556 g/mol. The molecule has 206 valence electrons. The van der Waals surface area contributed by atoms with Crippen LogP contribution in [-0.2, 0) is 31.8 Å². The van der Waals surface area contributed by atoms with Crippen LogP contribution in [0.1, 0.15) is 30.3 Å². The average Bonchev–Trinajstić information content (AvgIpc) is 3.46. The van der Waals surface area contributed by atoms with Crippen molar-refractivity contribution in [2.45, 2.75) is 55.8 Å². The first kappa shape index (κ1) is 27.5. The number of aliphatic hydroxyl groups is 2. The molecule has 0 radical (unpaired) electrons. The fourth-order valence-electron chi connectivity index (χ4n) is 5.06. The molecule has 2 aromatic heterocycles. The summed E-state index contributed by atoms with van der Waals surface area (Å²) in [4.78, 5) is 25.0. The lowest BCUT2D eigenvalue weighted by atomic mass is 9.93. The van der Waals surface area contributed by atoms with Gasteiger partial charge in [-0.05, 0) is 42.3 Å².